The van der Waals surface area contributed by atoms with Crippen LogP contribution in [0.1, 0.15) is 73.6 Å². The van der Waals surface area contributed by atoms with Gasteiger partial charge in [0.1, 0.15) is 0 Å². The third kappa shape index (κ3) is 3.57. The maximum Gasteiger partial charge on any atom is -0.0140 e. The SMILES string of the molecule is CC(C)[C@@H]1CC[C@H]2C(C)CC(C)[C@@H]3CC[C@@H](C(C)C)P3c3ccccc3P12. The largest absolute Gasteiger partial charge is 0.0677 e. The lowest BCUT2D eigenvalue weighted by Crippen LogP contribution is -2.32. The van der Waals surface area contributed by atoms with E-state index >= 15 is 0 Å². The standard InChI is InChI=1S/C25H40P2/c1-16(2)20-11-13-22-18(5)15-19(6)23-14-12-21(17(3)4)27(23)25-10-8-7-9-24(25)26(20)22/h7-10,16-23H,11-15H2,1-6H3/t18?,19?,20-,21-,22-,23-,26?,27?/m0/s1. The predicted molar refractivity (Wildman–Crippen MR) is 126 cm³/mol. The summed E-state index contributed by atoms with van der Waals surface area (Å²) in [7, 11) is -0.00638. The molecule has 0 aromatic heterocycles. The Kier molecular flexibility index (Phi) is 6.09. The van der Waals surface area contributed by atoms with Crippen LogP contribution in [-0.4, -0.2) is 22.6 Å². The summed E-state index contributed by atoms with van der Waals surface area (Å²) in [5.74, 6) is 3.51. The van der Waals surface area contributed by atoms with Crippen molar-refractivity contribution in [1.29, 1.82) is 0 Å². The van der Waals surface area contributed by atoms with Gasteiger partial charge in [-0.2, -0.15) is 0 Å². The summed E-state index contributed by atoms with van der Waals surface area (Å²) in [6.07, 6.45) is 7.43. The van der Waals surface area contributed by atoms with Gasteiger partial charge in [-0.1, -0.05) is 81.7 Å². The fourth-order valence-electron chi connectivity index (χ4n) is 6.67. The molecule has 0 amide bonds. The summed E-state index contributed by atoms with van der Waals surface area (Å²) < 4.78 is 0. The Hall–Kier alpha value is 0.0800. The molecule has 4 unspecified atom stereocenters. The lowest BCUT2D eigenvalue weighted by Gasteiger charge is -2.35. The number of hydrogen-bond acceptors (Lipinski definition) is 0. The van der Waals surface area contributed by atoms with Crippen molar-refractivity contribution in [2.75, 3.05) is 0 Å². The molecule has 2 saturated heterocycles. The normalized spacial score (nSPS) is 41.6. The molecule has 27 heavy (non-hydrogen) atoms. The minimum Gasteiger partial charge on any atom is -0.0677 e. The highest BCUT2D eigenvalue weighted by Gasteiger charge is 2.48. The number of benzene rings is 1. The van der Waals surface area contributed by atoms with Crippen LogP contribution in [0, 0.1) is 23.7 Å². The smallest absolute Gasteiger partial charge is 0.0140 e. The minimum atomic E-state index is -0.00319. The van der Waals surface area contributed by atoms with Crippen molar-refractivity contribution >= 4 is 26.5 Å². The van der Waals surface area contributed by atoms with E-state index in [0.717, 1.165) is 46.3 Å². The van der Waals surface area contributed by atoms with Gasteiger partial charge in [0.15, 0.2) is 0 Å². The van der Waals surface area contributed by atoms with Crippen molar-refractivity contribution in [2.24, 2.45) is 23.7 Å². The zero-order valence-corrected chi connectivity index (χ0v) is 20.1. The van der Waals surface area contributed by atoms with Gasteiger partial charge < -0.3 is 0 Å². The maximum absolute atomic E-state index is 2.62. The van der Waals surface area contributed by atoms with Crippen molar-refractivity contribution in [3.05, 3.63) is 24.3 Å². The van der Waals surface area contributed by atoms with Gasteiger partial charge in [-0.25, -0.2) is 0 Å². The molecule has 0 spiro atoms. The van der Waals surface area contributed by atoms with E-state index in [0.29, 0.717) is 0 Å². The topological polar surface area (TPSA) is 0 Å². The second kappa shape index (κ2) is 8.07. The lowest BCUT2D eigenvalue weighted by molar-refractivity contribution is 0.381. The summed E-state index contributed by atoms with van der Waals surface area (Å²) in [4.78, 5) is 0. The fourth-order valence-corrected chi connectivity index (χ4v) is 15.3. The fraction of sp³-hybridized carbons (Fsp3) is 0.760. The summed E-state index contributed by atoms with van der Waals surface area (Å²) >= 11 is 0. The molecule has 4 rings (SSSR count). The van der Waals surface area contributed by atoms with Gasteiger partial charge >= 0.3 is 0 Å². The molecule has 0 bridgehead atoms. The molecule has 1 aromatic carbocycles. The molecular weight excluding hydrogens is 362 g/mol. The monoisotopic (exact) mass is 402 g/mol. The molecule has 1 aromatic rings. The first-order valence-electron chi connectivity index (χ1n) is 11.6. The van der Waals surface area contributed by atoms with Crippen molar-refractivity contribution < 1.29 is 0 Å². The Morgan fingerprint density at radius 3 is 1.48 bits per heavy atom. The van der Waals surface area contributed by atoms with E-state index in [1.807, 2.05) is 10.6 Å². The minimum absolute atomic E-state index is 0.00319. The van der Waals surface area contributed by atoms with Crippen LogP contribution in [0.25, 0.3) is 0 Å². The van der Waals surface area contributed by atoms with Gasteiger partial charge in [0.25, 0.3) is 0 Å². The average molecular weight is 403 g/mol. The van der Waals surface area contributed by atoms with Crippen molar-refractivity contribution in [1.82, 2.24) is 0 Å². The number of hydrogen-bond donors (Lipinski definition) is 0. The summed E-state index contributed by atoms with van der Waals surface area (Å²) in [6.45, 7) is 15.2. The molecule has 3 aliphatic heterocycles. The molecule has 0 nitrogen and oxygen atoms in total. The first-order chi connectivity index (χ1) is 12.9. The van der Waals surface area contributed by atoms with E-state index in [1.54, 1.807) is 0 Å². The first kappa shape index (κ1) is 20.4. The molecule has 2 heteroatoms. The van der Waals surface area contributed by atoms with E-state index in [4.69, 9.17) is 0 Å². The zero-order valence-electron chi connectivity index (χ0n) is 18.4. The molecule has 8 atom stereocenters. The third-order valence-corrected chi connectivity index (χ3v) is 16.2. The predicted octanol–water partition coefficient (Wildman–Crippen LogP) is 6.95. The second-order valence-corrected chi connectivity index (χ2v) is 15.7. The molecule has 150 valence electrons. The Balaban J connectivity index is 1.87. The van der Waals surface area contributed by atoms with Crippen molar-refractivity contribution in [3.8, 4) is 0 Å². The molecular formula is C25H40P2. The average Bonchev–Trinajstić information content (AvgIpc) is 3.25. The van der Waals surface area contributed by atoms with E-state index in [9.17, 15) is 0 Å². The molecule has 0 aliphatic carbocycles. The highest BCUT2D eigenvalue weighted by atomic mass is 31.1. The molecule has 3 heterocycles. The third-order valence-electron chi connectivity index (χ3n) is 7.98. The van der Waals surface area contributed by atoms with E-state index in [2.05, 4.69) is 65.8 Å². The Morgan fingerprint density at radius 2 is 1.11 bits per heavy atom. The Bertz CT molecular complexity index is 596. The van der Waals surface area contributed by atoms with Crippen molar-refractivity contribution in [2.45, 2.75) is 96.3 Å². The molecule has 0 N–H and O–H groups in total. The van der Waals surface area contributed by atoms with E-state index < -0.39 is 0 Å². The van der Waals surface area contributed by atoms with Crippen LogP contribution in [0.4, 0.5) is 0 Å². The van der Waals surface area contributed by atoms with Crippen molar-refractivity contribution in [3.63, 3.8) is 0 Å². The molecule has 2 fully saturated rings. The first-order valence-corrected chi connectivity index (χ1v) is 14.5. The lowest BCUT2D eigenvalue weighted by atomic mass is 9.88. The summed E-state index contributed by atoms with van der Waals surface area (Å²) in [5.41, 5.74) is 3.86. The van der Waals surface area contributed by atoms with Gasteiger partial charge in [-0.15, -0.1) is 0 Å². The van der Waals surface area contributed by atoms with Gasteiger partial charge in [-0.05, 0) is 89.0 Å². The van der Waals surface area contributed by atoms with E-state index in [1.165, 1.54) is 32.1 Å². The van der Waals surface area contributed by atoms with Gasteiger partial charge in [0.05, 0.1) is 0 Å². The molecule has 0 radical (unpaired) electrons. The Morgan fingerprint density at radius 1 is 0.704 bits per heavy atom. The van der Waals surface area contributed by atoms with Gasteiger partial charge in [-0.3, -0.25) is 0 Å². The molecule has 0 saturated carbocycles. The van der Waals surface area contributed by atoms with Crippen LogP contribution in [0.3, 0.4) is 0 Å². The highest BCUT2D eigenvalue weighted by Crippen LogP contribution is 2.66. The van der Waals surface area contributed by atoms with Crippen LogP contribution in [0.15, 0.2) is 24.3 Å². The van der Waals surface area contributed by atoms with Gasteiger partial charge in [0, 0.05) is 0 Å². The summed E-state index contributed by atoms with van der Waals surface area (Å²) in [5, 5.41) is 3.72. The van der Waals surface area contributed by atoms with E-state index in [-0.39, 0.29) is 15.8 Å². The van der Waals surface area contributed by atoms with Crippen LogP contribution in [0.5, 0.6) is 0 Å². The van der Waals surface area contributed by atoms with Crippen LogP contribution >= 0.6 is 15.8 Å². The summed E-state index contributed by atoms with van der Waals surface area (Å²) in [6, 6.07) is 9.91. The highest BCUT2D eigenvalue weighted by molar-refractivity contribution is 7.73. The quantitative estimate of drug-likeness (QED) is 0.470. The van der Waals surface area contributed by atoms with Crippen LogP contribution < -0.4 is 10.6 Å². The van der Waals surface area contributed by atoms with Crippen LogP contribution in [0.2, 0.25) is 0 Å². The zero-order chi connectivity index (χ0) is 19.3. The Labute approximate surface area is 170 Å². The van der Waals surface area contributed by atoms with Crippen LogP contribution in [-0.2, 0) is 0 Å². The van der Waals surface area contributed by atoms with Gasteiger partial charge in [0.2, 0.25) is 0 Å². The molecule has 3 aliphatic rings. The number of fused-ring (bicyclic) bond motifs is 5. The maximum atomic E-state index is 2.62. The second-order valence-electron chi connectivity index (χ2n) is 10.4. The number of rotatable bonds is 2.